The maximum atomic E-state index is 9.17. The lowest BCUT2D eigenvalue weighted by molar-refractivity contribution is 0.393. The highest BCUT2D eigenvalue weighted by molar-refractivity contribution is 5.90. The van der Waals surface area contributed by atoms with E-state index in [0.29, 0.717) is 5.56 Å². The van der Waals surface area contributed by atoms with Crippen LogP contribution in [0.5, 0.6) is 0 Å². The second-order valence-corrected chi connectivity index (χ2v) is 7.99. The molecule has 164 valence electrons. The molecule has 0 aliphatic rings. The molecular weight excluding hydrogens is 410 g/mol. The molecule has 0 unspecified atom stereocenters. The summed E-state index contributed by atoms with van der Waals surface area (Å²) in [5.41, 5.74) is 8.01. The smallest absolute Gasteiger partial charge is 0.141 e. The van der Waals surface area contributed by atoms with Crippen molar-refractivity contribution in [1.82, 2.24) is 14.7 Å². The van der Waals surface area contributed by atoms with Crippen molar-refractivity contribution in [3.63, 3.8) is 0 Å². The van der Waals surface area contributed by atoms with E-state index in [4.69, 9.17) is 4.52 Å². The van der Waals surface area contributed by atoms with Crippen molar-refractivity contribution in [2.45, 2.75) is 33.7 Å². The van der Waals surface area contributed by atoms with Gasteiger partial charge in [0.2, 0.25) is 0 Å². The predicted molar refractivity (Wildman–Crippen MR) is 131 cm³/mol. The number of rotatable bonds is 6. The number of benzene rings is 1. The predicted octanol–water partition coefficient (Wildman–Crippen LogP) is 6.53. The van der Waals surface area contributed by atoms with Crippen molar-refractivity contribution in [2.24, 2.45) is 4.99 Å². The Hall–Kier alpha value is -4.24. The van der Waals surface area contributed by atoms with Crippen LogP contribution in [0.1, 0.15) is 53.9 Å². The summed E-state index contributed by atoms with van der Waals surface area (Å²) in [7, 11) is 0. The zero-order valence-corrected chi connectivity index (χ0v) is 19.2. The summed E-state index contributed by atoms with van der Waals surface area (Å²) in [4.78, 5) is 8.99. The molecule has 0 amide bonds. The molecule has 0 fully saturated rings. The lowest BCUT2D eigenvalue weighted by Crippen LogP contribution is -2.09. The van der Waals surface area contributed by atoms with Gasteiger partial charge in [-0.25, -0.2) is 0 Å². The Kier molecular flexibility index (Phi) is 6.05. The summed E-state index contributed by atoms with van der Waals surface area (Å²) in [5, 5.41) is 13.3. The minimum atomic E-state index is -0.0393. The van der Waals surface area contributed by atoms with Crippen LogP contribution in [0.15, 0.2) is 64.4 Å². The van der Waals surface area contributed by atoms with Gasteiger partial charge in [0.15, 0.2) is 0 Å². The van der Waals surface area contributed by atoms with E-state index in [9.17, 15) is 5.26 Å². The Morgan fingerprint density at radius 3 is 2.55 bits per heavy atom. The second kappa shape index (κ2) is 9.09. The standard InChI is InChI=1S/C27H25N5O/c1-17(26-18(2)31-33-20(26)4)14-25-27(29-5)23(22-11-9-21(15-28)10-12-22)16-32(25)19(3)24-8-6-7-13-30-24/h6-14,16,19H,5H2,1-4H3/b17-14+/t19-/m0/s1. The van der Waals surface area contributed by atoms with Gasteiger partial charge in [0.25, 0.3) is 0 Å². The number of aliphatic imine (C=N–C) groups is 1. The number of hydrogen-bond donors (Lipinski definition) is 0. The van der Waals surface area contributed by atoms with Crippen LogP contribution >= 0.6 is 0 Å². The molecule has 6 nitrogen and oxygen atoms in total. The first kappa shape index (κ1) is 22.0. The van der Waals surface area contributed by atoms with Gasteiger partial charge < -0.3 is 9.09 Å². The van der Waals surface area contributed by atoms with Gasteiger partial charge >= 0.3 is 0 Å². The number of nitriles is 1. The Bertz CT molecular complexity index is 1350. The third-order valence-electron chi connectivity index (χ3n) is 5.84. The molecule has 4 rings (SSSR count). The maximum absolute atomic E-state index is 9.17. The van der Waals surface area contributed by atoms with Crippen molar-refractivity contribution >= 4 is 24.1 Å². The number of hydrogen-bond acceptors (Lipinski definition) is 5. The fourth-order valence-electron chi connectivity index (χ4n) is 4.18. The normalized spacial score (nSPS) is 12.4. The first-order chi connectivity index (χ1) is 15.9. The van der Waals surface area contributed by atoms with Gasteiger partial charge in [-0.3, -0.25) is 9.98 Å². The van der Waals surface area contributed by atoms with Crippen LogP contribution in [0.4, 0.5) is 5.69 Å². The van der Waals surface area contributed by atoms with E-state index in [1.54, 1.807) is 6.20 Å². The van der Waals surface area contributed by atoms with Gasteiger partial charge in [-0.05, 0) is 75.9 Å². The average Bonchev–Trinajstić information content (AvgIpc) is 3.38. The Morgan fingerprint density at radius 2 is 1.97 bits per heavy atom. The van der Waals surface area contributed by atoms with Gasteiger partial charge in [-0.2, -0.15) is 5.26 Å². The minimum Gasteiger partial charge on any atom is -0.361 e. The van der Waals surface area contributed by atoms with Crippen LogP contribution in [0.2, 0.25) is 0 Å². The molecule has 1 atom stereocenters. The molecule has 0 radical (unpaired) electrons. The highest BCUT2D eigenvalue weighted by Crippen LogP contribution is 2.40. The zero-order chi connectivity index (χ0) is 23.5. The number of allylic oxidation sites excluding steroid dienone is 1. The summed E-state index contributed by atoms with van der Waals surface area (Å²) in [6.45, 7) is 11.9. The third kappa shape index (κ3) is 4.13. The van der Waals surface area contributed by atoms with Crippen molar-refractivity contribution < 1.29 is 4.52 Å². The van der Waals surface area contributed by atoms with Crippen molar-refractivity contribution in [1.29, 1.82) is 5.26 Å². The van der Waals surface area contributed by atoms with Gasteiger partial charge in [-0.1, -0.05) is 23.4 Å². The fourth-order valence-corrected chi connectivity index (χ4v) is 4.18. The molecule has 0 N–H and O–H groups in total. The van der Waals surface area contributed by atoms with E-state index >= 15 is 0 Å². The van der Waals surface area contributed by atoms with Crippen LogP contribution in [-0.2, 0) is 0 Å². The molecule has 3 heterocycles. The van der Waals surface area contributed by atoms with E-state index in [0.717, 1.165) is 50.8 Å². The summed E-state index contributed by atoms with van der Waals surface area (Å²) in [6.07, 6.45) is 5.98. The fraction of sp³-hybridized carbons (Fsp3) is 0.185. The summed E-state index contributed by atoms with van der Waals surface area (Å²) >= 11 is 0. The summed E-state index contributed by atoms with van der Waals surface area (Å²) in [5.74, 6) is 0.776. The number of aryl methyl sites for hydroxylation is 2. The van der Waals surface area contributed by atoms with Gasteiger partial charge in [-0.15, -0.1) is 0 Å². The Labute approximate surface area is 193 Å². The largest absolute Gasteiger partial charge is 0.361 e. The molecule has 0 spiro atoms. The van der Waals surface area contributed by atoms with Crippen LogP contribution in [0, 0.1) is 25.2 Å². The van der Waals surface area contributed by atoms with E-state index in [1.165, 1.54) is 0 Å². The minimum absolute atomic E-state index is 0.0393. The second-order valence-electron chi connectivity index (χ2n) is 7.99. The van der Waals surface area contributed by atoms with Crippen molar-refractivity contribution in [3.05, 3.63) is 88.8 Å². The van der Waals surface area contributed by atoms with E-state index < -0.39 is 0 Å². The molecule has 4 aromatic rings. The molecule has 0 aliphatic carbocycles. The van der Waals surface area contributed by atoms with Crippen molar-refractivity contribution in [3.8, 4) is 17.2 Å². The SMILES string of the molecule is C=Nc1c(-c2ccc(C#N)cc2)cn([C@@H](C)c2ccccn2)c1/C=C(\C)c1c(C)noc1C. The number of aromatic nitrogens is 3. The van der Waals surface area contributed by atoms with Crippen LogP contribution in [0.25, 0.3) is 22.8 Å². The highest BCUT2D eigenvalue weighted by Gasteiger charge is 2.21. The number of nitrogens with zero attached hydrogens (tertiary/aromatic N) is 5. The zero-order valence-electron chi connectivity index (χ0n) is 19.2. The van der Waals surface area contributed by atoms with Crippen LogP contribution in [-0.4, -0.2) is 21.4 Å². The molecule has 33 heavy (non-hydrogen) atoms. The van der Waals surface area contributed by atoms with Crippen LogP contribution in [0.3, 0.4) is 0 Å². The molecule has 6 heteroatoms. The summed E-state index contributed by atoms with van der Waals surface area (Å²) in [6, 6.07) is 15.5. The first-order valence-corrected chi connectivity index (χ1v) is 10.7. The quantitative estimate of drug-likeness (QED) is 0.323. The molecule has 0 bridgehead atoms. The molecule has 0 saturated carbocycles. The molecule has 3 aromatic heterocycles. The maximum Gasteiger partial charge on any atom is 0.141 e. The van der Waals surface area contributed by atoms with Crippen LogP contribution < -0.4 is 0 Å². The van der Waals surface area contributed by atoms with Gasteiger partial charge in [0.05, 0.1) is 40.4 Å². The molecular formula is C27H25N5O. The van der Waals surface area contributed by atoms with E-state index in [1.807, 2.05) is 63.2 Å². The monoisotopic (exact) mass is 435 g/mol. The molecule has 0 saturated heterocycles. The topological polar surface area (TPSA) is 80.0 Å². The molecule has 0 aliphatic heterocycles. The van der Waals surface area contributed by atoms with E-state index in [-0.39, 0.29) is 6.04 Å². The first-order valence-electron chi connectivity index (χ1n) is 10.7. The third-order valence-corrected chi connectivity index (χ3v) is 5.84. The average molecular weight is 436 g/mol. The Morgan fingerprint density at radius 1 is 1.21 bits per heavy atom. The van der Waals surface area contributed by atoms with Gasteiger partial charge in [0.1, 0.15) is 5.76 Å². The molecule has 1 aromatic carbocycles. The van der Waals surface area contributed by atoms with E-state index in [2.05, 4.69) is 51.7 Å². The van der Waals surface area contributed by atoms with Gasteiger partial charge in [0, 0.05) is 23.5 Å². The Balaban J connectivity index is 1.94. The lowest BCUT2D eigenvalue weighted by Gasteiger charge is -2.16. The number of pyridine rings is 1. The highest BCUT2D eigenvalue weighted by atomic mass is 16.5. The summed E-state index contributed by atoms with van der Waals surface area (Å²) < 4.78 is 7.55. The van der Waals surface area contributed by atoms with Crippen molar-refractivity contribution in [2.75, 3.05) is 0 Å². The lowest BCUT2D eigenvalue weighted by atomic mass is 10.0.